The van der Waals surface area contributed by atoms with Crippen molar-refractivity contribution in [2.75, 3.05) is 24.6 Å². The number of rotatable bonds is 9. The molecule has 0 spiro atoms. The maximum atomic E-state index is 11.3. The highest BCUT2D eigenvalue weighted by atomic mass is 32.2. The zero-order valence-electron chi connectivity index (χ0n) is 11.0. The molecule has 102 valence electrons. The van der Waals surface area contributed by atoms with Crippen molar-refractivity contribution in [2.45, 2.75) is 39.7 Å². The Balaban J connectivity index is 3.71. The molecule has 0 fully saturated rings. The predicted molar refractivity (Wildman–Crippen MR) is 69.7 cm³/mol. The molecule has 1 unspecified atom stereocenters. The normalized spacial score (nSPS) is 13.4. The van der Waals surface area contributed by atoms with E-state index in [1.807, 2.05) is 13.8 Å². The third-order valence-corrected chi connectivity index (χ3v) is 4.25. The van der Waals surface area contributed by atoms with Gasteiger partial charge in [-0.3, -0.25) is 4.79 Å². The molecule has 0 saturated heterocycles. The fourth-order valence-electron chi connectivity index (χ4n) is 1.34. The van der Waals surface area contributed by atoms with E-state index in [1.165, 1.54) is 0 Å². The maximum Gasteiger partial charge on any atom is 0.221 e. The summed E-state index contributed by atoms with van der Waals surface area (Å²) in [5, 5.41) is 5.81. The fraction of sp³-hybridized carbons (Fsp3) is 0.909. The minimum atomic E-state index is -2.95. The van der Waals surface area contributed by atoms with Gasteiger partial charge in [0.05, 0.1) is 5.75 Å². The van der Waals surface area contributed by atoms with Gasteiger partial charge in [-0.1, -0.05) is 13.8 Å². The number of amides is 1. The Kier molecular flexibility index (Phi) is 8.16. The van der Waals surface area contributed by atoms with Gasteiger partial charge in [0, 0.05) is 31.3 Å². The molecule has 0 bridgehead atoms. The largest absolute Gasteiger partial charge is 0.356 e. The number of hydrogen-bond donors (Lipinski definition) is 2. The molecule has 0 aromatic rings. The summed E-state index contributed by atoms with van der Waals surface area (Å²) >= 11 is 0. The average Bonchev–Trinajstić information content (AvgIpc) is 2.25. The van der Waals surface area contributed by atoms with Crippen LogP contribution >= 0.6 is 0 Å². The number of nitrogens with one attached hydrogen (secondary N) is 2. The van der Waals surface area contributed by atoms with Crippen molar-refractivity contribution in [1.29, 1.82) is 0 Å². The number of hydrogen-bond acceptors (Lipinski definition) is 4. The lowest BCUT2D eigenvalue weighted by Gasteiger charge is -2.13. The molecule has 2 N–H and O–H groups in total. The molecule has 0 aliphatic carbocycles. The Morgan fingerprint density at radius 1 is 1.24 bits per heavy atom. The van der Waals surface area contributed by atoms with Gasteiger partial charge in [-0.25, -0.2) is 8.42 Å². The van der Waals surface area contributed by atoms with E-state index in [9.17, 15) is 13.2 Å². The van der Waals surface area contributed by atoms with E-state index in [4.69, 9.17) is 0 Å². The summed E-state index contributed by atoms with van der Waals surface area (Å²) < 4.78 is 22.7. The second-order valence-electron chi connectivity index (χ2n) is 4.15. The summed E-state index contributed by atoms with van der Waals surface area (Å²) in [4.78, 5) is 11.3. The molecule has 0 radical (unpaired) electrons. The molecule has 0 heterocycles. The molecule has 0 aliphatic heterocycles. The van der Waals surface area contributed by atoms with Crippen molar-refractivity contribution in [3.63, 3.8) is 0 Å². The maximum absolute atomic E-state index is 11.3. The highest BCUT2D eigenvalue weighted by molar-refractivity contribution is 7.91. The molecule has 0 saturated carbocycles. The molecule has 0 aromatic carbocycles. The van der Waals surface area contributed by atoms with Crippen LogP contribution in [-0.2, 0) is 14.6 Å². The second-order valence-corrected chi connectivity index (χ2v) is 6.55. The van der Waals surface area contributed by atoms with Crippen LogP contribution in [0.1, 0.15) is 33.6 Å². The van der Waals surface area contributed by atoms with E-state index < -0.39 is 9.84 Å². The summed E-state index contributed by atoms with van der Waals surface area (Å²) in [7, 11) is -2.95. The summed E-state index contributed by atoms with van der Waals surface area (Å²) in [5.41, 5.74) is 0. The second kappa shape index (κ2) is 8.47. The highest BCUT2D eigenvalue weighted by Gasteiger charge is 2.13. The van der Waals surface area contributed by atoms with Crippen molar-refractivity contribution in [3.8, 4) is 0 Å². The SMILES string of the molecule is CCCNC(=O)CCNC(C)CS(=O)(=O)CC. The Bertz CT molecular complexity index is 315. The van der Waals surface area contributed by atoms with Gasteiger partial charge in [-0.05, 0) is 13.3 Å². The van der Waals surface area contributed by atoms with Gasteiger partial charge in [-0.15, -0.1) is 0 Å². The topological polar surface area (TPSA) is 75.3 Å². The van der Waals surface area contributed by atoms with Crippen LogP contribution in [0, 0.1) is 0 Å². The highest BCUT2D eigenvalue weighted by Crippen LogP contribution is 1.94. The number of carbonyl (C=O) groups excluding carboxylic acids is 1. The van der Waals surface area contributed by atoms with Gasteiger partial charge in [0.25, 0.3) is 0 Å². The lowest BCUT2D eigenvalue weighted by molar-refractivity contribution is -0.120. The molecule has 1 amide bonds. The van der Waals surface area contributed by atoms with Crippen LogP contribution in [0.25, 0.3) is 0 Å². The van der Waals surface area contributed by atoms with Gasteiger partial charge in [0.1, 0.15) is 0 Å². The number of carbonyl (C=O) groups is 1. The summed E-state index contributed by atoms with van der Waals surface area (Å²) in [5.74, 6) is 0.292. The Morgan fingerprint density at radius 2 is 1.88 bits per heavy atom. The predicted octanol–water partition coefficient (Wildman–Crippen LogP) is 0.316. The molecule has 5 nitrogen and oxygen atoms in total. The third kappa shape index (κ3) is 9.12. The standard InChI is InChI=1S/C11H24N2O3S/c1-4-7-13-11(14)6-8-12-10(3)9-17(15,16)5-2/h10,12H,4-9H2,1-3H3,(H,13,14). The van der Waals surface area contributed by atoms with E-state index in [-0.39, 0.29) is 23.5 Å². The minimum Gasteiger partial charge on any atom is -0.356 e. The van der Waals surface area contributed by atoms with Crippen molar-refractivity contribution in [3.05, 3.63) is 0 Å². The smallest absolute Gasteiger partial charge is 0.221 e. The van der Waals surface area contributed by atoms with E-state index in [0.717, 1.165) is 6.42 Å². The van der Waals surface area contributed by atoms with Crippen LogP contribution in [-0.4, -0.2) is 45.0 Å². The van der Waals surface area contributed by atoms with Crippen molar-refractivity contribution in [1.82, 2.24) is 10.6 Å². The molecule has 0 rings (SSSR count). The molecular weight excluding hydrogens is 240 g/mol. The lowest BCUT2D eigenvalue weighted by atomic mass is 10.3. The van der Waals surface area contributed by atoms with Crippen molar-refractivity contribution >= 4 is 15.7 Å². The summed E-state index contributed by atoms with van der Waals surface area (Å²) in [6.07, 6.45) is 1.31. The Hall–Kier alpha value is -0.620. The first-order valence-electron chi connectivity index (χ1n) is 6.11. The van der Waals surface area contributed by atoms with Gasteiger partial charge in [-0.2, -0.15) is 0 Å². The quantitative estimate of drug-likeness (QED) is 0.629. The van der Waals surface area contributed by atoms with Crippen LogP contribution in [0.4, 0.5) is 0 Å². The van der Waals surface area contributed by atoms with Crippen LogP contribution in [0.15, 0.2) is 0 Å². The molecule has 6 heteroatoms. The summed E-state index contributed by atoms with van der Waals surface area (Å²) in [6, 6.07) is -0.112. The minimum absolute atomic E-state index is 0.00454. The van der Waals surface area contributed by atoms with Crippen molar-refractivity contribution < 1.29 is 13.2 Å². The fourth-order valence-corrected chi connectivity index (χ4v) is 2.46. The Morgan fingerprint density at radius 3 is 2.41 bits per heavy atom. The first-order valence-corrected chi connectivity index (χ1v) is 7.94. The first kappa shape index (κ1) is 16.4. The van der Waals surface area contributed by atoms with E-state index in [2.05, 4.69) is 10.6 Å². The van der Waals surface area contributed by atoms with E-state index in [1.54, 1.807) is 6.92 Å². The summed E-state index contributed by atoms with van der Waals surface area (Å²) in [6.45, 7) is 6.65. The van der Waals surface area contributed by atoms with E-state index >= 15 is 0 Å². The first-order chi connectivity index (χ1) is 7.91. The third-order valence-electron chi connectivity index (χ3n) is 2.36. The van der Waals surface area contributed by atoms with E-state index in [0.29, 0.717) is 19.5 Å². The lowest BCUT2D eigenvalue weighted by Crippen LogP contribution is -2.36. The van der Waals surface area contributed by atoms with Gasteiger partial charge in [0.2, 0.25) is 5.91 Å². The van der Waals surface area contributed by atoms with Crippen LogP contribution in [0.3, 0.4) is 0 Å². The van der Waals surface area contributed by atoms with Crippen LogP contribution in [0.2, 0.25) is 0 Å². The molecule has 0 aliphatic rings. The van der Waals surface area contributed by atoms with Gasteiger partial charge < -0.3 is 10.6 Å². The zero-order chi connectivity index (χ0) is 13.3. The van der Waals surface area contributed by atoms with Gasteiger partial charge in [0.15, 0.2) is 9.84 Å². The monoisotopic (exact) mass is 264 g/mol. The molecule has 1 atom stereocenters. The number of sulfone groups is 1. The molecular formula is C11H24N2O3S. The van der Waals surface area contributed by atoms with Crippen LogP contribution in [0.5, 0.6) is 0 Å². The van der Waals surface area contributed by atoms with Gasteiger partial charge >= 0.3 is 0 Å². The molecule has 17 heavy (non-hydrogen) atoms. The van der Waals surface area contributed by atoms with Crippen LogP contribution < -0.4 is 10.6 Å². The Labute approximate surface area is 104 Å². The zero-order valence-corrected chi connectivity index (χ0v) is 11.8. The average molecular weight is 264 g/mol. The molecule has 0 aromatic heterocycles. The van der Waals surface area contributed by atoms with Crippen molar-refractivity contribution in [2.24, 2.45) is 0 Å².